The summed E-state index contributed by atoms with van der Waals surface area (Å²) in [5, 5.41) is -0.596. The SMILES string of the molecule is CN1C(=O)[C@@H]2SCCCN2C(=O)[C@@H]1Cc1ccccc1.CN1C(=O)[C@@H]2SCCCN2C(=O)[C@@H]1Cc1ccccc1.O. The quantitative estimate of drug-likeness (QED) is 0.532. The van der Waals surface area contributed by atoms with Gasteiger partial charge in [-0.3, -0.25) is 19.2 Å². The Labute approximate surface area is 249 Å². The fourth-order valence-corrected chi connectivity index (χ4v) is 8.06. The first-order valence-electron chi connectivity index (χ1n) is 13.8. The Hall–Kier alpha value is -3.02. The molecule has 0 aliphatic carbocycles. The maximum absolute atomic E-state index is 12.6. The zero-order valence-corrected chi connectivity index (χ0v) is 25.1. The van der Waals surface area contributed by atoms with Gasteiger partial charge < -0.3 is 25.1 Å². The summed E-state index contributed by atoms with van der Waals surface area (Å²) >= 11 is 3.17. The molecule has 0 bridgehead atoms. The normalized spacial score (nSPS) is 26.0. The largest absolute Gasteiger partial charge is 0.412 e. The molecule has 220 valence electrons. The van der Waals surface area contributed by atoms with Crippen LogP contribution in [0.25, 0.3) is 0 Å². The second-order valence-corrected chi connectivity index (χ2v) is 12.9. The van der Waals surface area contributed by atoms with Gasteiger partial charge in [0.05, 0.1) is 0 Å². The molecule has 0 saturated carbocycles. The van der Waals surface area contributed by atoms with Crippen LogP contribution in [-0.2, 0) is 32.0 Å². The lowest BCUT2D eigenvalue weighted by atomic mass is 10.0. The Kier molecular flexibility index (Phi) is 10.4. The lowest BCUT2D eigenvalue weighted by Gasteiger charge is -2.45. The molecule has 0 spiro atoms. The van der Waals surface area contributed by atoms with Gasteiger partial charge in [0, 0.05) is 40.0 Å². The molecule has 41 heavy (non-hydrogen) atoms. The first-order chi connectivity index (χ1) is 19.4. The molecule has 11 heteroatoms. The number of amides is 4. The summed E-state index contributed by atoms with van der Waals surface area (Å²) in [7, 11) is 3.50. The molecule has 4 fully saturated rings. The third-order valence-electron chi connectivity index (χ3n) is 7.94. The van der Waals surface area contributed by atoms with Crippen LogP contribution in [0.4, 0.5) is 0 Å². The number of nitrogens with zero attached hydrogens (tertiary/aromatic N) is 4. The van der Waals surface area contributed by atoms with Crippen LogP contribution in [0.3, 0.4) is 0 Å². The number of rotatable bonds is 4. The summed E-state index contributed by atoms with van der Waals surface area (Å²) in [4.78, 5) is 56.9. The summed E-state index contributed by atoms with van der Waals surface area (Å²) in [5.74, 6) is 2.22. The van der Waals surface area contributed by atoms with E-state index in [2.05, 4.69) is 0 Å². The molecule has 4 aliphatic heterocycles. The molecular formula is C30H38N4O5S2. The number of carbonyl (C=O) groups excluding carboxylic acids is 4. The van der Waals surface area contributed by atoms with Gasteiger partial charge in [0.25, 0.3) is 11.8 Å². The summed E-state index contributed by atoms with van der Waals surface area (Å²) in [6.07, 6.45) is 3.13. The first-order valence-corrected chi connectivity index (χ1v) is 15.9. The van der Waals surface area contributed by atoms with Crippen molar-refractivity contribution in [2.24, 2.45) is 0 Å². The molecule has 0 aromatic heterocycles. The topological polar surface area (TPSA) is 113 Å². The number of likely N-dealkylation sites (N-methyl/N-ethyl adjacent to an activating group) is 2. The predicted molar refractivity (Wildman–Crippen MR) is 162 cm³/mol. The zero-order valence-electron chi connectivity index (χ0n) is 23.5. The van der Waals surface area contributed by atoms with Crippen molar-refractivity contribution >= 4 is 47.2 Å². The summed E-state index contributed by atoms with van der Waals surface area (Å²) in [6.45, 7) is 1.42. The van der Waals surface area contributed by atoms with Crippen LogP contribution in [0, 0.1) is 0 Å². The molecule has 2 N–H and O–H groups in total. The Morgan fingerprint density at radius 1 is 0.610 bits per heavy atom. The highest BCUT2D eigenvalue weighted by molar-refractivity contribution is 8.00. The first kappa shape index (κ1) is 30.9. The number of hydrogen-bond donors (Lipinski definition) is 0. The van der Waals surface area contributed by atoms with E-state index in [1.165, 1.54) is 0 Å². The number of hydrogen-bond acceptors (Lipinski definition) is 6. The molecule has 4 saturated heterocycles. The Morgan fingerprint density at radius 2 is 0.976 bits per heavy atom. The fraction of sp³-hybridized carbons (Fsp3) is 0.467. The van der Waals surface area contributed by atoms with Crippen LogP contribution in [0.1, 0.15) is 24.0 Å². The minimum absolute atomic E-state index is 0. The molecule has 0 unspecified atom stereocenters. The van der Waals surface area contributed by atoms with E-state index in [-0.39, 0.29) is 51.9 Å². The number of piperazine rings is 2. The maximum Gasteiger partial charge on any atom is 0.256 e. The molecule has 4 amide bonds. The molecule has 6 rings (SSSR count). The van der Waals surface area contributed by atoms with Crippen molar-refractivity contribution in [2.75, 3.05) is 38.7 Å². The number of fused-ring (bicyclic) bond motifs is 2. The van der Waals surface area contributed by atoms with Gasteiger partial charge in [0.1, 0.15) is 12.1 Å². The van der Waals surface area contributed by atoms with Crippen molar-refractivity contribution in [1.29, 1.82) is 0 Å². The fourth-order valence-electron chi connectivity index (χ4n) is 5.63. The third-order valence-corrected chi connectivity index (χ3v) is 10.5. The molecule has 4 heterocycles. The van der Waals surface area contributed by atoms with Gasteiger partial charge in [-0.15, -0.1) is 23.5 Å². The van der Waals surface area contributed by atoms with Crippen molar-refractivity contribution in [1.82, 2.24) is 19.6 Å². The minimum Gasteiger partial charge on any atom is -0.412 e. The molecule has 4 atom stereocenters. The molecule has 2 aromatic rings. The van der Waals surface area contributed by atoms with E-state index in [1.54, 1.807) is 57.2 Å². The molecule has 2 aromatic carbocycles. The zero-order chi connectivity index (χ0) is 28.2. The van der Waals surface area contributed by atoms with Crippen LogP contribution >= 0.6 is 23.5 Å². The van der Waals surface area contributed by atoms with Gasteiger partial charge in [-0.1, -0.05) is 60.7 Å². The van der Waals surface area contributed by atoms with Gasteiger partial charge >= 0.3 is 0 Å². The minimum atomic E-state index is -0.361. The van der Waals surface area contributed by atoms with Gasteiger partial charge in [-0.05, 0) is 35.5 Å². The second kappa shape index (κ2) is 13.8. The molecule has 4 aliphatic rings. The standard InChI is InChI=1S/2C15H18N2O2S.H2O/c2*1-16-12(10-11-6-3-2-4-7-11)13(18)17-8-5-9-20-15(17)14(16)19;/h2*2-4,6-7,12,15H,5,8-10H2,1H3;1H2/t2*12-,15-;/m00./s1. The lowest BCUT2D eigenvalue weighted by Crippen LogP contribution is -2.64. The summed E-state index contributed by atoms with van der Waals surface area (Å²) in [6, 6.07) is 19.1. The van der Waals surface area contributed by atoms with E-state index in [0.717, 1.165) is 35.5 Å². The van der Waals surface area contributed by atoms with Crippen molar-refractivity contribution in [2.45, 2.75) is 48.5 Å². The average Bonchev–Trinajstić information content (AvgIpc) is 3.00. The number of carbonyl (C=O) groups is 4. The van der Waals surface area contributed by atoms with Crippen molar-refractivity contribution in [3.63, 3.8) is 0 Å². The van der Waals surface area contributed by atoms with Crippen molar-refractivity contribution < 1.29 is 24.7 Å². The Morgan fingerprint density at radius 3 is 1.34 bits per heavy atom. The van der Waals surface area contributed by atoms with E-state index in [1.807, 2.05) is 60.7 Å². The highest BCUT2D eigenvalue weighted by Gasteiger charge is 2.46. The van der Waals surface area contributed by atoms with Crippen molar-refractivity contribution in [3.8, 4) is 0 Å². The molecular weight excluding hydrogens is 560 g/mol. The number of benzene rings is 2. The van der Waals surface area contributed by atoms with Gasteiger partial charge in [-0.25, -0.2) is 0 Å². The van der Waals surface area contributed by atoms with Crippen LogP contribution in [0.2, 0.25) is 0 Å². The van der Waals surface area contributed by atoms with E-state index >= 15 is 0 Å². The Bertz CT molecular complexity index is 1140. The van der Waals surface area contributed by atoms with Gasteiger partial charge in [-0.2, -0.15) is 0 Å². The summed E-state index contributed by atoms with van der Waals surface area (Å²) < 4.78 is 0. The predicted octanol–water partition coefficient (Wildman–Crippen LogP) is 1.90. The molecule has 9 nitrogen and oxygen atoms in total. The maximum atomic E-state index is 12.6. The second-order valence-electron chi connectivity index (χ2n) is 10.5. The lowest BCUT2D eigenvalue weighted by molar-refractivity contribution is -0.156. The summed E-state index contributed by atoms with van der Waals surface area (Å²) in [5.41, 5.74) is 2.18. The smallest absolute Gasteiger partial charge is 0.256 e. The van der Waals surface area contributed by atoms with E-state index < -0.39 is 0 Å². The van der Waals surface area contributed by atoms with Crippen LogP contribution in [0.15, 0.2) is 60.7 Å². The van der Waals surface area contributed by atoms with Crippen LogP contribution < -0.4 is 0 Å². The average molecular weight is 599 g/mol. The highest BCUT2D eigenvalue weighted by Crippen LogP contribution is 2.32. The van der Waals surface area contributed by atoms with Gasteiger partial charge in [0.2, 0.25) is 11.8 Å². The van der Waals surface area contributed by atoms with E-state index in [9.17, 15) is 19.2 Å². The third kappa shape index (κ3) is 6.57. The monoisotopic (exact) mass is 598 g/mol. The van der Waals surface area contributed by atoms with E-state index in [0.29, 0.717) is 25.9 Å². The Balaban J connectivity index is 0.000000184. The number of thioether (sulfide) groups is 2. The molecule has 0 radical (unpaired) electrons. The van der Waals surface area contributed by atoms with Crippen molar-refractivity contribution in [3.05, 3.63) is 71.8 Å². The van der Waals surface area contributed by atoms with Crippen LogP contribution in [-0.4, -0.2) is 110 Å². The van der Waals surface area contributed by atoms with Gasteiger partial charge in [0.15, 0.2) is 10.7 Å². The van der Waals surface area contributed by atoms with E-state index in [4.69, 9.17) is 0 Å². The highest BCUT2D eigenvalue weighted by atomic mass is 32.2. The van der Waals surface area contributed by atoms with Crippen LogP contribution in [0.5, 0.6) is 0 Å².